The van der Waals surface area contributed by atoms with E-state index in [9.17, 15) is 4.79 Å². The van der Waals surface area contributed by atoms with Crippen molar-refractivity contribution >= 4 is 28.6 Å². The van der Waals surface area contributed by atoms with Gasteiger partial charge in [-0.25, -0.2) is 4.68 Å². The minimum atomic E-state index is -0.202. The summed E-state index contributed by atoms with van der Waals surface area (Å²) in [5, 5.41) is 5.42. The van der Waals surface area contributed by atoms with E-state index in [1.807, 2.05) is 59.5 Å². The number of fused-ring (bicyclic) bond motifs is 1. The fourth-order valence-electron chi connectivity index (χ4n) is 3.76. The molecule has 0 amide bonds. The van der Waals surface area contributed by atoms with Gasteiger partial charge in [-0.05, 0) is 37.1 Å². The lowest BCUT2D eigenvalue weighted by atomic mass is 10.1. The van der Waals surface area contributed by atoms with Crippen LogP contribution in [0.3, 0.4) is 0 Å². The van der Waals surface area contributed by atoms with Gasteiger partial charge in [0.2, 0.25) is 5.95 Å². The minimum Gasteiger partial charge on any atom is -0.487 e. The zero-order valence-corrected chi connectivity index (χ0v) is 16.9. The van der Waals surface area contributed by atoms with E-state index in [4.69, 9.17) is 21.3 Å². The Hall–Kier alpha value is -3.32. The molecule has 0 spiro atoms. The molecule has 0 saturated carbocycles. The second-order valence-corrected chi connectivity index (χ2v) is 7.68. The van der Waals surface area contributed by atoms with Crippen molar-refractivity contribution in [2.75, 3.05) is 18.0 Å². The number of ether oxygens (including phenoxy) is 1. The van der Waals surface area contributed by atoms with E-state index < -0.39 is 0 Å². The molecule has 3 heterocycles. The molecule has 1 N–H and O–H groups in total. The molecule has 2 aromatic carbocycles. The van der Waals surface area contributed by atoms with Gasteiger partial charge in [0.25, 0.3) is 5.56 Å². The number of nitrogens with zero attached hydrogens (tertiary/aromatic N) is 4. The Balaban J connectivity index is 1.45. The summed E-state index contributed by atoms with van der Waals surface area (Å²) in [4.78, 5) is 22.4. The molecule has 1 fully saturated rings. The highest BCUT2D eigenvalue weighted by atomic mass is 35.5. The standard InChI is InChI=1S/C22H20ClN5O2/c23-18-10-4-5-11-19(18)30-16-9-6-12-27(14-16)22-25-20-17(21(29)26-22)13-24-28(20)15-7-2-1-3-8-15/h1-5,7-8,10-11,13,16H,6,9,12,14H2,(H,25,26,29). The van der Waals surface area contributed by atoms with Crippen LogP contribution in [0.15, 0.2) is 65.6 Å². The number of aromatic nitrogens is 4. The lowest BCUT2D eigenvalue weighted by Gasteiger charge is -2.33. The highest BCUT2D eigenvalue weighted by Gasteiger charge is 2.24. The number of para-hydroxylation sites is 2. The molecule has 4 aromatic rings. The van der Waals surface area contributed by atoms with Gasteiger partial charge >= 0.3 is 0 Å². The lowest BCUT2D eigenvalue weighted by molar-refractivity contribution is 0.179. The maximum Gasteiger partial charge on any atom is 0.263 e. The first-order chi connectivity index (χ1) is 14.7. The summed E-state index contributed by atoms with van der Waals surface area (Å²) < 4.78 is 7.81. The maximum absolute atomic E-state index is 12.7. The first-order valence-corrected chi connectivity index (χ1v) is 10.3. The molecule has 1 unspecified atom stereocenters. The van der Waals surface area contributed by atoms with Gasteiger partial charge in [0.05, 0.1) is 23.5 Å². The van der Waals surface area contributed by atoms with Crippen LogP contribution in [0.1, 0.15) is 12.8 Å². The summed E-state index contributed by atoms with van der Waals surface area (Å²) in [6.45, 7) is 1.40. The summed E-state index contributed by atoms with van der Waals surface area (Å²) in [7, 11) is 0. The van der Waals surface area contributed by atoms with Gasteiger partial charge in [0.1, 0.15) is 17.2 Å². The minimum absolute atomic E-state index is 0.0429. The van der Waals surface area contributed by atoms with E-state index in [1.54, 1.807) is 10.9 Å². The van der Waals surface area contributed by atoms with Crippen LogP contribution in [0.25, 0.3) is 16.7 Å². The van der Waals surface area contributed by atoms with Crippen LogP contribution in [-0.4, -0.2) is 38.9 Å². The van der Waals surface area contributed by atoms with Crippen LogP contribution in [0, 0.1) is 0 Å². The summed E-state index contributed by atoms with van der Waals surface area (Å²) in [6, 6.07) is 17.1. The van der Waals surface area contributed by atoms with Crippen molar-refractivity contribution in [3.05, 3.63) is 76.2 Å². The van der Waals surface area contributed by atoms with E-state index in [0.29, 0.717) is 34.3 Å². The van der Waals surface area contributed by atoms with Gasteiger partial charge in [0.15, 0.2) is 5.65 Å². The van der Waals surface area contributed by atoms with E-state index in [-0.39, 0.29) is 11.7 Å². The Morgan fingerprint density at radius 1 is 1.10 bits per heavy atom. The number of piperidine rings is 1. The van der Waals surface area contributed by atoms with Crippen LogP contribution in [0.4, 0.5) is 5.95 Å². The normalized spacial score (nSPS) is 16.7. The van der Waals surface area contributed by atoms with Crippen molar-refractivity contribution in [1.82, 2.24) is 19.7 Å². The fraction of sp³-hybridized carbons (Fsp3) is 0.227. The van der Waals surface area contributed by atoms with Crippen LogP contribution in [-0.2, 0) is 0 Å². The summed E-state index contributed by atoms with van der Waals surface area (Å²) >= 11 is 6.24. The van der Waals surface area contributed by atoms with Crippen molar-refractivity contribution in [3.8, 4) is 11.4 Å². The van der Waals surface area contributed by atoms with E-state index >= 15 is 0 Å². The number of aromatic amines is 1. The first kappa shape index (κ1) is 18.7. The average Bonchev–Trinajstić information content (AvgIpc) is 3.21. The molecule has 8 heteroatoms. The number of anilines is 1. The number of hydrogen-bond donors (Lipinski definition) is 1. The molecule has 0 radical (unpaired) electrons. The lowest BCUT2D eigenvalue weighted by Crippen LogP contribution is -2.42. The molecule has 1 aliphatic rings. The van der Waals surface area contributed by atoms with Gasteiger partial charge < -0.3 is 9.64 Å². The van der Waals surface area contributed by atoms with Crippen LogP contribution in [0.2, 0.25) is 5.02 Å². The Morgan fingerprint density at radius 2 is 1.90 bits per heavy atom. The first-order valence-electron chi connectivity index (χ1n) is 9.88. The van der Waals surface area contributed by atoms with Gasteiger partial charge in [-0.1, -0.05) is 41.9 Å². The third-order valence-corrected chi connectivity index (χ3v) is 5.55. The Kier molecular flexibility index (Phi) is 4.88. The molecule has 0 bridgehead atoms. The van der Waals surface area contributed by atoms with E-state index in [1.165, 1.54) is 0 Å². The SMILES string of the molecule is O=c1[nH]c(N2CCCC(Oc3ccccc3Cl)C2)nc2c1cnn2-c1ccccc1. The predicted octanol–water partition coefficient (Wildman–Crippen LogP) is 3.81. The average molecular weight is 422 g/mol. The number of halogens is 1. The van der Waals surface area contributed by atoms with E-state index in [0.717, 1.165) is 25.1 Å². The molecule has 30 heavy (non-hydrogen) atoms. The highest BCUT2D eigenvalue weighted by molar-refractivity contribution is 6.32. The third-order valence-electron chi connectivity index (χ3n) is 5.23. The molecule has 1 atom stereocenters. The Morgan fingerprint density at radius 3 is 2.73 bits per heavy atom. The van der Waals surface area contributed by atoms with Crippen LogP contribution in [0.5, 0.6) is 5.75 Å². The van der Waals surface area contributed by atoms with Crippen molar-refractivity contribution in [3.63, 3.8) is 0 Å². The monoisotopic (exact) mass is 421 g/mol. The number of benzene rings is 2. The topological polar surface area (TPSA) is 76.0 Å². The quantitative estimate of drug-likeness (QED) is 0.542. The van der Waals surface area contributed by atoms with Crippen molar-refractivity contribution < 1.29 is 4.74 Å². The third kappa shape index (κ3) is 3.52. The molecule has 0 aliphatic carbocycles. The second-order valence-electron chi connectivity index (χ2n) is 7.28. The van der Waals surface area contributed by atoms with Crippen molar-refractivity contribution in [2.24, 2.45) is 0 Å². The molecule has 7 nitrogen and oxygen atoms in total. The van der Waals surface area contributed by atoms with E-state index in [2.05, 4.69) is 10.1 Å². The molecule has 2 aromatic heterocycles. The van der Waals surface area contributed by atoms with Crippen LogP contribution >= 0.6 is 11.6 Å². The predicted molar refractivity (Wildman–Crippen MR) is 117 cm³/mol. The zero-order chi connectivity index (χ0) is 20.5. The number of rotatable bonds is 4. The fourth-order valence-corrected chi connectivity index (χ4v) is 3.94. The van der Waals surface area contributed by atoms with Gasteiger partial charge in [-0.2, -0.15) is 10.1 Å². The summed E-state index contributed by atoms with van der Waals surface area (Å²) in [6.07, 6.45) is 3.35. The summed E-state index contributed by atoms with van der Waals surface area (Å²) in [5.74, 6) is 1.20. The molecular formula is C22H20ClN5O2. The Bertz CT molecular complexity index is 1240. The smallest absolute Gasteiger partial charge is 0.263 e. The number of H-pyrrole nitrogens is 1. The van der Waals surface area contributed by atoms with Crippen molar-refractivity contribution in [2.45, 2.75) is 18.9 Å². The van der Waals surface area contributed by atoms with Gasteiger partial charge in [-0.15, -0.1) is 0 Å². The van der Waals surface area contributed by atoms with Crippen LogP contribution < -0.4 is 15.2 Å². The number of hydrogen-bond acceptors (Lipinski definition) is 5. The molecule has 5 rings (SSSR count). The zero-order valence-electron chi connectivity index (χ0n) is 16.2. The molecule has 1 aliphatic heterocycles. The van der Waals surface area contributed by atoms with Gasteiger partial charge in [0, 0.05) is 6.54 Å². The second kappa shape index (κ2) is 7.84. The maximum atomic E-state index is 12.7. The van der Waals surface area contributed by atoms with Gasteiger partial charge in [-0.3, -0.25) is 9.78 Å². The Labute approximate surface area is 177 Å². The van der Waals surface area contributed by atoms with Crippen molar-refractivity contribution in [1.29, 1.82) is 0 Å². The molecular weight excluding hydrogens is 402 g/mol. The summed E-state index contributed by atoms with van der Waals surface area (Å²) in [5.41, 5.74) is 1.19. The number of nitrogens with one attached hydrogen (secondary N) is 1. The largest absolute Gasteiger partial charge is 0.487 e. The highest BCUT2D eigenvalue weighted by Crippen LogP contribution is 2.27. The molecule has 1 saturated heterocycles. The molecule has 152 valence electrons.